The molecule has 0 bridgehead atoms. The van der Waals surface area contributed by atoms with Crippen molar-refractivity contribution in [3.05, 3.63) is 50.4 Å². The number of rotatable bonds is 3. The monoisotopic (exact) mass is 330 g/mol. The number of aromatic nitrogens is 2. The topological polar surface area (TPSA) is 17.8 Å². The Labute approximate surface area is 129 Å². The van der Waals surface area contributed by atoms with Crippen LogP contribution in [0.2, 0.25) is 10.0 Å². The third-order valence-electron chi connectivity index (χ3n) is 2.91. The van der Waals surface area contributed by atoms with Crippen molar-refractivity contribution in [3.63, 3.8) is 0 Å². The van der Waals surface area contributed by atoms with Gasteiger partial charge in [-0.15, -0.1) is 11.6 Å². The maximum absolute atomic E-state index is 6.09. The molecule has 0 amide bonds. The van der Waals surface area contributed by atoms with Gasteiger partial charge in [0.1, 0.15) is 5.82 Å². The molecule has 2 aromatic heterocycles. The number of alkyl halides is 1. The number of halogens is 3. The Morgan fingerprint density at radius 3 is 2.68 bits per heavy atom. The van der Waals surface area contributed by atoms with Crippen molar-refractivity contribution in [2.45, 2.75) is 12.4 Å². The first-order chi connectivity index (χ1) is 9.19. The Morgan fingerprint density at radius 1 is 1.21 bits per heavy atom. The fourth-order valence-corrected chi connectivity index (χ4v) is 3.19. The molecule has 19 heavy (non-hydrogen) atoms. The highest BCUT2D eigenvalue weighted by Gasteiger charge is 2.13. The quantitative estimate of drug-likeness (QED) is 0.604. The van der Waals surface area contributed by atoms with Gasteiger partial charge in [0, 0.05) is 0 Å². The molecule has 3 rings (SSSR count). The number of benzene rings is 1. The van der Waals surface area contributed by atoms with E-state index in [0.717, 1.165) is 23.4 Å². The molecule has 0 radical (unpaired) electrons. The molecule has 2 heterocycles. The Balaban J connectivity index is 2.17. The molecule has 0 atom stereocenters. The van der Waals surface area contributed by atoms with Gasteiger partial charge in [0.15, 0.2) is 0 Å². The molecular formula is C13H9Cl3N2S. The molecule has 0 aliphatic carbocycles. The first-order valence-electron chi connectivity index (χ1n) is 5.60. The van der Waals surface area contributed by atoms with Gasteiger partial charge in [0.05, 0.1) is 33.5 Å². The zero-order chi connectivity index (χ0) is 13.4. The average molecular weight is 332 g/mol. The molecule has 0 fully saturated rings. The summed E-state index contributed by atoms with van der Waals surface area (Å²) in [5.41, 5.74) is 3.00. The maximum Gasteiger partial charge on any atom is 0.125 e. The second kappa shape index (κ2) is 5.33. The molecule has 1 aromatic carbocycles. The van der Waals surface area contributed by atoms with Crippen LogP contribution < -0.4 is 0 Å². The van der Waals surface area contributed by atoms with Crippen LogP contribution in [0, 0.1) is 0 Å². The SMILES string of the molecule is ClCc1nc2cc(Cl)c(Cl)cc2n1Cc1ccsc1. The predicted octanol–water partition coefficient (Wildman–Crippen LogP) is 5.19. The minimum Gasteiger partial charge on any atom is -0.322 e. The Kier molecular flexibility index (Phi) is 3.72. The van der Waals surface area contributed by atoms with E-state index >= 15 is 0 Å². The summed E-state index contributed by atoms with van der Waals surface area (Å²) in [6.45, 7) is 0.736. The second-order valence-electron chi connectivity index (χ2n) is 4.13. The minimum atomic E-state index is 0.355. The number of imidazole rings is 1. The van der Waals surface area contributed by atoms with Crippen LogP contribution in [0.3, 0.4) is 0 Å². The summed E-state index contributed by atoms with van der Waals surface area (Å²) < 4.78 is 2.08. The van der Waals surface area contributed by atoms with Crippen LogP contribution in [0.15, 0.2) is 29.0 Å². The van der Waals surface area contributed by atoms with Crippen LogP contribution in [0.25, 0.3) is 11.0 Å². The van der Waals surface area contributed by atoms with E-state index in [2.05, 4.69) is 26.4 Å². The fraction of sp³-hybridized carbons (Fsp3) is 0.154. The third-order valence-corrected chi connectivity index (χ3v) is 4.60. The number of thiophene rings is 1. The summed E-state index contributed by atoms with van der Waals surface area (Å²) in [6.07, 6.45) is 0. The number of fused-ring (bicyclic) bond motifs is 1. The standard InChI is InChI=1S/C13H9Cl3N2S/c14-5-13-17-11-3-9(15)10(16)4-12(11)18(13)6-8-1-2-19-7-8/h1-4,7H,5-6H2. The van der Waals surface area contributed by atoms with E-state index in [9.17, 15) is 0 Å². The van der Waals surface area contributed by atoms with Crippen LogP contribution in [0.1, 0.15) is 11.4 Å². The molecule has 0 unspecified atom stereocenters. The molecule has 0 aliphatic heterocycles. The fourth-order valence-electron chi connectivity index (χ4n) is 2.01. The molecule has 0 saturated carbocycles. The lowest BCUT2D eigenvalue weighted by atomic mass is 10.3. The van der Waals surface area contributed by atoms with E-state index in [1.807, 2.05) is 6.07 Å². The summed E-state index contributed by atoms with van der Waals surface area (Å²) in [6, 6.07) is 5.71. The molecule has 0 spiro atoms. The molecular weight excluding hydrogens is 323 g/mol. The van der Waals surface area contributed by atoms with Crippen LogP contribution in [0.4, 0.5) is 0 Å². The van der Waals surface area contributed by atoms with Gasteiger partial charge in [-0.1, -0.05) is 23.2 Å². The minimum absolute atomic E-state index is 0.355. The van der Waals surface area contributed by atoms with Gasteiger partial charge in [-0.05, 0) is 34.5 Å². The summed E-state index contributed by atoms with van der Waals surface area (Å²) in [7, 11) is 0. The molecule has 0 saturated heterocycles. The summed E-state index contributed by atoms with van der Waals surface area (Å²) in [4.78, 5) is 4.50. The Hall–Kier alpha value is -0.740. The van der Waals surface area contributed by atoms with E-state index in [1.54, 1.807) is 17.4 Å². The van der Waals surface area contributed by atoms with Gasteiger partial charge in [-0.2, -0.15) is 11.3 Å². The molecule has 6 heteroatoms. The van der Waals surface area contributed by atoms with Crippen molar-refractivity contribution >= 4 is 57.2 Å². The summed E-state index contributed by atoms with van der Waals surface area (Å²) in [5.74, 6) is 1.18. The van der Waals surface area contributed by atoms with Gasteiger partial charge in [0.2, 0.25) is 0 Å². The Bertz CT molecular complexity index is 719. The maximum atomic E-state index is 6.09. The van der Waals surface area contributed by atoms with Gasteiger partial charge in [-0.3, -0.25) is 0 Å². The van der Waals surface area contributed by atoms with Crippen LogP contribution in [0.5, 0.6) is 0 Å². The van der Waals surface area contributed by atoms with Crippen molar-refractivity contribution in [2.75, 3.05) is 0 Å². The first kappa shape index (κ1) is 13.3. The zero-order valence-electron chi connectivity index (χ0n) is 9.74. The van der Waals surface area contributed by atoms with E-state index < -0.39 is 0 Å². The van der Waals surface area contributed by atoms with Gasteiger partial charge in [-0.25, -0.2) is 4.98 Å². The highest BCUT2D eigenvalue weighted by Crippen LogP contribution is 2.29. The number of hydrogen-bond donors (Lipinski definition) is 0. The van der Waals surface area contributed by atoms with Gasteiger partial charge < -0.3 is 4.57 Å². The lowest BCUT2D eigenvalue weighted by molar-refractivity contribution is 0.781. The third kappa shape index (κ3) is 2.48. The zero-order valence-corrected chi connectivity index (χ0v) is 12.8. The predicted molar refractivity (Wildman–Crippen MR) is 82.7 cm³/mol. The van der Waals surface area contributed by atoms with Crippen LogP contribution in [-0.2, 0) is 12.4 Å². The van der Waals surface area contributed by atoms with E-state index in [4.69, 9.17) is 34.8 Å². The number of nitrogens with zero attached hydrogens (tertiary/aromatic N) is 2. The van der Waals surface area contributed by atoms with Gasteiger partial charge >= 0.3 is 0 Å². The van der Waals surface area contributed by atoms with E-state index in [1.165, 1.54) is 5.56 Å². The second-order valence-corrected chi connectivity index (χ2v) is 6.00. The van der Waals surface area contributed by atoms with E-state index in [0.29, 0.717) is 15.9 Å². The molecule has 2 nitrogen and oxygen atoms in total. The molecule has 3 aromatic rings. The largest absolute Gasteiger partial charge is 0.322 e. The summed E-state index contributed by atoms with van der Waals surface area (Å²) in [5, 5.41) is 5.21. The highest BCUT2D eigenvalue weighted by atomic mass is 35.5. The van der Waals surface area contributed by atoms with Crippen LogP contribution >= 0.6 is 46.1 Å². The van der Waals surface area contributed by atoms with Gasteiger partial charge in [0.25, 0.3) is 0 Å². The van der Waals surface area contributed by atoms with Crippen molar-refractivity contribution in [3.8, 4) is 0 Å². The summed E-state index contributed by atoms with van der Waals surface area (Å²) >= 11 is 19.8. The molecule has 0 aliphatic rings. The number of hydrogen-bond acceptors (Lipinski definition) is 2. The lowest BCUT2D eigenvalue weighted by Crippen LogP contribution is -2.02. The first-order valence-corrected chi connectivity index (χ1v) is 7.83. The highest BCUT2D eigenvalue weighted by molar-refractivity contribution is 7.07. The Morgan fingerprint density at radius 2 is 2.00 bits per heavy atom. The van der Waals surface area contributed by atoms with E-state index in [-0.39, 0.29) is 0 Å². The average Bonchev–Trinajstić information content (AvgIpc) is 3.00. The lowest BCUT2D eigenvalue weighted by Gasteiger charge is -2.06. The normalized spacial score (nSPS) is 11.3. The molecule has 0 N–H and O–H groups in total. The van der Waals surface area contributed by atoms with Crippen molar-refractivity contribution in [1.82, 2.24) is 9.55 Å². The van der Waals surface area contributed by atoms with Crippen molar-refractivity contribution < 1.29 is 0 Å². The van der Waals surface area contributed by atoms with Crippen LogP contribution in [-0.4, -0.2) is 9.55 Å². The smallest absolute Gasteiger partial charge is 0.125 e. The van der Waals surface area contributed by atoms with Crippen molar-refractivity contribution in [1.29, 1.82) is 0 Å². The van der Waals surface area contributed by atoms with Crippen molar-refractivity contribution in [2.24, 2.45) is 0 Å². The molecule has 98 valence electrons.